The highest BCUT2D eigenvalue weighted by atomic mass is 19.1. The molecule has 0 atom stereocenters. The third kappa shape index (κ3) is 4.89. The van der Waals surface area contributed by atoms with Crippen molar-refractivity contribution in [3.63, 3.8) is 0 Å². The van der Waals surface area contributed by atoms with Crippen LogP contribution in [0.15, 0.2) is 30.3 Å². The summed E-state index contributed by atoms with van der Waals surface area (Å²) in [6.07, 6.45) is 2.63. The highest BCUT2D eigenvalue weighted by Crippen LogP contribution is 2.20. The van der Waals surface area contributed by atoms with Gasteiger partial charge in [-0.15, -0.1) is 0 Å². The number of halogens is 1. The molecule has 0 saturated carbocycles. The highest BCUT2D eigenvalue weighted by molar-refractivity contribution is 5.95. The summed E-state index contributed by atoms with van der Waals surface area (Å²) in [6, 6.07) is 6.22. The van der Waals surface area contributed by atoms with E-state index in [0.29, 0.717) is 37.2 Å². The molecule has 1 N–H and O–H groups in total. The molecule has 130 valence electrons. The lowest BCUT2D eigenvalue weighted by Gasteiger charge is -2.33. The number of carboxylic acid groups (broad SMARTS) is 1. The third-order valence-corrected chi connectivity index (χ3v) is 4.12. The van der Waals surface area contributed by atoms with Gasteiger partial charge in [0.2, 0.25) is 5.91 Å². The molecule has 5 nitrogen and oxygen atoms in total. The van der Waals surface area contributed by atoms with Crippen LogP contribution >= 0.6 is 0 Å². The fourth-order valence-electron chi connectivity index (χ4n) is 2.81. The Morgan fingerprint density at radius 1 is 1.33 bits per heavy atom. The van der Waals surface area contributed by atoms with Crippen LogP contribution in [0.5, 0.6) is 0 Å². The largest absolute Gasteiger partial charge is 0.481 e. The van der Waals surface area contributed by atoms with Crippen molar-refractivity contribution < 1.29 is 23.8 Å². The van der Waals surface area contributed by atoms with E-state index in [4.69, 9.17) is 9.84 Å². The van der Waals surface area contributed by atoms with Crippen molar-refractivity contribution in [1.82, 2.24) is 4.90 Å². The lowest BCUT2D eigenvalue weighted by atomic mass is 10.0. The Morgan fingerprint density at radius 3 is 2.62 bits per heavy atom. The first-order valence-electron chi connectivity index (χ1n) is 8.02. The Bertz CT molecular complexity index is 623. The standard InChI is InChI=1S/C18H22FNO4/c1-13(15-4-2-3-5-16(15)19)12-17(21)20(9-6-18(22)23)14-7-10-24-11-8-14/h2-5,12,14H,6-11H2,1H3,(H,22,23)/b13-12-. The molecule has 2 rings (SSSR count). The van der Waals surface area contributed by atoms with Gasteiger partial charge in [0.25, 0.3) is 0 Å². The molecule has 1 fully saturated rings. The zero-order valence-corrected chi connectivity index (χ0v) is 13.7. The molecule has 24 heavy (non-hydrogen) atoms. The fraction of sp³-hybridized carbons (Fsp3) is 0.444. The molecule has 0 unspecified atom stereocenters. The maximum atomic E-state index is 13.8. The summed E-state index contributed by atoms with van der Waals surface area (Å²) in [5.41, 5.74) is 0.890. The summed E-state index contributed by atoms with van der Waals surface area (Å²) >= 11 is 0. The first-order chi connectivity index (χ1) is 11.5. The number of carbonyl (C=O) groups excluding carboxylic acids is 1. The van der Waals surface area contributed by atoms with E-state index in [2.05, 4.69) is 0 Å². The molecule has 0 aliphatic carbocycles. The van der Waals surface area contributed by atoms with Gasteiger partial charge in [0.05, 0.1) is 6.42 Å². The maximum absolute atomic E-state index is 13.8. The molecule has 0 radical (unpaired) electrons. The summed E-state index contributed by atoms with van der Waals surface area (Å²) in [5.74, 6) is -1.62. The van der Waals surface area contributed by atoms with Crippen molar-refractivity contribution >= 4 is 17.4 Å². The average molecular weight is 335 g/mol. The molecule has 1 aromatic rings. The molecule has 0 spiro atoms. The maximum Gasteiger partial charge on any atom is 0.305 e. The Labute approximate surface area is 140 Å². The van der Waals surface area contributed by atoms with Gasteiger partial charge < -0.3 is 14.7 Å². The topological polar surface area (TPSA) is 66.8 Å². The molecule has 1 aliphatic heterocycles. The van der Waals surface area contributed by atoms with Crippen LogP contribution in [0.3, 0.4) is 0 Å². The lowest BCUT2D eigenvalue weighted by molar-refractivity contribution is -0.138. The number of aliphatic carboxylic acids is 1. The zero-order valence-electron chi connectivity index (χ0n) is 13.7. The van der Waals surface area contributed by atoms with Gasteiger partial charge in [0.1, 0.15) is 5.82 Å². The van der Waals surface area contributed by atoms with Gasteiger partial charge in [-0.2, -0.15) is 0 Å². The van der Waals surface area contributed by atoms with Gasteiger partial charge in [-0.05, 0) is 31.4 Å². The molecule has 1 aliphatic rings. The van der Waals surface area contributed by atoms with Gasteiger partial charge in [-0.3, -0.25) is 9.59 Å². The van der Waals surface area contributed by atoms with Crippen LogP contribution in [0.2, 0.25) is 0 Å². The molecule has 0 aromatic heterocycles. The van der Waals surface area contributed by atoms with Gasteiger partial charge >= 0.3 is 5.97 Å². The van der Waals surface area contributed by atoms with Crippen molar-refractivity contribution in [3.8, 4) is 0 Å². The minimum atomic E-state index is -0.949. The minimum Gasteiger partial charge on any atom is -0.481 e. The van der Waals surface area contributed by atoms with Gasteiger partial charge in [-0.1, -0.05) is 18.2 Å². The molecular formula is C18H22FNO4. The highest BCUT2D eigenvalue weighted by Gasteiger charge is 2.25. The molecule has 0 bridgehead atoms. The van der Waals surface area contributed by atoms with E-state index in [0.717, 1.165) is 0 Å². The fourth-order valence-corrected chi connectivity index (χ4v) is 2.81. The number of ether oxygens (including phenoxy) is 1. The number of allylic oxidation sites excluding steroid dienone is 1. The average Bonchev–Trinajstić information content (AvgIpc) is 2.56. The predicted octanol–water partition coefficient (Wildman–Crippen LogP) is 2.71. The van der Waals surface area contributed by atoms with Gasteiger partial charge in [0, 0.05) is 37.4 Å². The second-order valence-corrected chi connectivity index (χ2v) is 5.83. The van der Waals surface area contributed by atoms with Gasteiger partial charge in [0.15, 0.2) is 0 Å². The summed E-state index contributed by atoms with van der Waals surface area (Å²) in [7, 11) is 0. The van der Waals surface area contributed by atoms with Gasteiger partial charge in [-0.25, -0.2) is 4.39 Å². The zero-order chi connectivity index (χ0) is 17.5. The van der Waals surface area contributed by atoms with Crippen LogP contribution in [0.25, 0.3) is 5.57 Å². The summed E-state index contributed by atoms with van der Waals surface area (Å²) in [6.45, 7) is 2.92. The predicted molar refractivity (Wildman–Crippen MR) is 87.9 cm³/mol. The SMILES string of the molecule is C/C(=C/C(=O)N(CCC(=O)O)C1CCOCC1)c1ccccc1F. The second kappa shape index (κ2) is 8.59. The van der Waals surface area contributed by atoms with Crippen LogP contribution in [-0.4, -0.2) is 47.7 Å². The number of carboxylic acids is 1. The molecule has 1 heterocycles. The number of rotatable bonds is 6. The van der Waals surface area contributed by atoms with Crippen molar-refractivity contribution in [2.24, 2.45) is 0 Å². The number of carbonyl (C=O) groups is 2. The number of hydrogen-bond acceptors (Lipinski definition) is 3. The third-order valence-electron chi connectivity index (χ3n) is 4.12. The van der Waals surface area contributed by atoms with Crippen molar-refractivity contribution in [1.29, 1.82) is 0 Å². The smallest absolute Gasteiger partial charge is 0.305 e. The van der Waals surface area contributed by atoms with Crippen molar-refractivity contribution in [2.75, 3.05) is 19.8 Å². The van der Waals surface area contributed by atoms with Crippen molar-refractivity contribution in [2.45, 2.75) is 32.2 Å². The molecule has 6 heteroatoms. The minimum absolute atomic E-state index is 0.0460. The summed E-state index contributed by atoms with van der Waals surface area (Å²) < 4.78 is 19.1. The Hall–Kier alpha value is -2.21. The number of amides is 1. The van der Waals surface area contributed by atoms with E-state index in [1.807, 2.05) is 0 Å². The van der Waals surface area contributed by atoms with Crippen LogP contribution in [0, 0.1) is 5.82 Å². The van der Waals surface area contributed by atoms with E-state index in [-0.39, 0.29) is 30.7 Å². The normalized spacial score (nSPS) is 16.0. The van der Waals surface area contributed by atoms with E-state index in [9.17, 15) is 14.0 Å². The monoisotopic (exact) mass is 335 g/mol. The number of benzene rings is 1. The van der Waals surface area contributed by atoms with Crippen LogP contribution < -0.4 is 0 Å². The molecule has 1 saturated heterocycles. The lowest BCUT2D eigenvalue weighted by Crippen LogP contribution is -2.43. The van der Waals surface area contributed by atoms with E-state index in [1.54, 1.807) is 30.0 Å². The number of hydrogen-bond donors (Lipinski definition) is 1. The quantitative estimate of drug-likeness (QED) is 0.812. The molecule has 1 amide bonds. The molecule has 1 aromatic carbocycles. The number of nitrogens with zero attached hydrogens (tertiary/aromatic N) is 1. The Balaban J connectivity index is 2.17. The van der Waals surface area contributed by atoms with Crippen molar-refractivity contribution in [3.05, 3.63) is 41.7 Å². The van der Waals surface area contributed by atoms with E-state index >= 15 is 0 Å². The Morgan fingerprint density at radius 2 is 2.00 bits per heavy atom. The summed E-state index contributed by atoms with van der Waals surface area (Å²) in [4.78, 5) is 25.1. The van der Waals surface area contributed by atoms with Crippen LogP contribution in [0.4, 0.5) is 4.39 Å². The van der Waals surface area contributed by atoms with E-state index < -0.39 is 5.97 Å². The molecular weight excluding hydrogens is 313 g/mol. The first kappa shape index (κ1) is 18.1. The first-order valence-corrected chi connectivity index (χ1v) is 8.02. The van der Waals surface area contributed by atoms with E-state index in [1.165, 1.54) is 12.1 Å². The summed E-state index contributed by atoms with van der Waals surface area (Å²) in [5, 5.41) is 8.91. The van der Waals surface area contributed by atoms with Crippen LogP contribution in [0.1, 0.15) is 31.7 Å². The second-order valence-electron chi connectivity index (χ2n) is 5.83. The van der Waals surface area contributed by atoms with Crippen LogP contribution in [-0.2, 0) is 14.3 Å². The Kier molecular flexibility index (Phi) is 6.49.